The maximum absolute atomic E-state index is 12.9. The summed E-state index contributed by atoms with van der Waals surface area (Å²) in [7, 11) is -1.21. The first-order valence-electron chi connectivity index (χ1n) is 8.74. The lowest BCUT2D eigenvalue weighted by molar-refractivity contribution is 0.0605. The molecule has 1 heterocycles. The van der Waals surface area contributed by atoms with Crippen molar-refractivity contribution in [2.75, 3.05) is 32.6 Å². The molecule has 1 aromatic heterocycles. The molecular formula is C18H23N3O6S2. The molecule has 0 fully saturated rings. The number of hydrogen-bond donors (Lipinski definition) is 1. The molecule has 2 aromatic rings. The molecule has 2 rings (SSSR count). The van der Waals surface area contributed by atoms with Crippen molar-refractivity contribution in [3.05, 3.63) is 34.3 Å². The molecule has 1 amide bonds. The normalized spacial score (nSPS) is 11.4. The Morgan fingerprint density at radius 3 is 2.41 bits per heavy atom. The highest BCUT2D eigenvalue weighted by atomic mass is 32.2. The van der Waals surface area contributed by atoms with Crippen LogP contribution in [-0.2, 0) is 14.8 Å². The number of hydrogen-bond acceptors (Lipinski definition) is 8. The van der Waals surface area contributed by atoms with Gasteiger partial charge in [-0.15, -0.1) is 0 Å². The number of esters is 1. The Kier molecular flexibility index (Phi) is 7.33. The summed E-state index contributed by atoms with van der Waals surface area (Å²) in [6.45, 7) is 5.66. The summed E-state index contributed by atoms with van der Waals surface area (Å²) in [6, 6.07) is 4.15. The van der Waals surface area contributed by atoms with Gasteiger partial charge in [-0.25, -0.2) is 18.2 Å². The second-order valence-corrected chi connectivity index (χ2v) is 8.74. The second-order valence-electron chi connectivity index (χ2n) is 5.83. The number of carbonyl (C=O) groups excluding carboxylic acids is 2. The van der Waals surface area contributed by atoms with Crippen LogP contribution < -0.4 is 10.1 Å². The number of benzene rings is 1. The van der Waals surface area contributed by atoms with Crippen molar-refractivity contribution in [1.82, 2.24) is 9.29 Å². The van der Waals surface area contributed by atoms with Crippen LogP contribution in [0.25, 0.3) is 0 Å². The zero-order valence-corrected chi connectivity index (χ0v) is 18.4. The number of thiazole rings is 1. The van der Waals surface area contributed by atoms with Crippen molar-refractivity contribution >= 4 is 38.4 Å². The number of carbonyl (C=O) groups is 2. The molecule has 1 N–H and O–H groups in total. The lowest BCUT2D eigenvalue weighted by atomic mass is 10.2. The Hall–Kier alpha value is -2.50. The summed E-state index contributed by atoms with van der Waals surface area (Å²) in [4.78, 5) is 28.7. The molecule has 158 valence electrons. The van der Waals surface area contributed by atoms with Crippen LogP contribution in [0.3, 0.4) is 0 Å². The monoisotopic (exact) mass is 441 g/mol. The van der Waals surface area contributed by atoms with Gasteiger partial charge in [-0.2, -0.15) is 4.31 Å². The van der Waals surface area contributed by atoms with E-state index in [1.165, 1.54) is 36.7 Å². The van der Waals surface area contributed by atoms with E-state index in [9.17, 15) is 18.0 Å². The number of sulfonamides is 1. The molecule has 0 spiro atoms. The number of nitrogens with zero attached hydrogens (tertiary/aromatic N) is 2. The summed E-state index contributed by atoms with van der Waals surface area (Å²) < 4.78 is 37.0. The number of ether oxygens (including phenoxy) is 2. The minimum atomic E-state index is -3.84. The first-order valence-corrected chi connectivity index (χ1v) is 11.0. The summed E-state index contributed by atoms with van der Waals surface area (Å²) in [5, 5.41) is 2.79. The largest absolute Gasteiger partial charge is 0.495 e. The number of amides is 1. The van der Waals surface area contributed by atoms with Gasteiger partial charge in [-0.1, -0.05) is 25.2 Å². The topological polar surface area (TPSA) is 115 Å². The SMILES string of the molecule is CCN(CC)S(=O)(=O)c1cc(C(=O)Nc2nc(C)c(C(=O)OC)s2)ccc1OC. The number of methoxy groups -OCH3 is 2. The van der Waals surface area contributed by atoms with E-state index in [0.29, 0.717) is 5.69 Å². The summed E-state index contributed by atoms with van der Waals surface area (Å²) in [5.41, 5.74) is 0.542. The minimum Gasteiger partial charge on any atom is -0.495 e. The standard InChI is InChI=1S/C18H23N3O6S2/c1-6-21(7-2)29(24,25)14-10-12(8-9-13(14)26-4)16(22)20-18-19-11(3)15(28-18)17(23)27-5/h8-10H,6-7H2,1-5H3,(H,19,20,22). The smallest absolute Gasteiger partial charge is 0.350 e. The molecule has 1 aromatic carbocycles. The number of nitrogens with one attached hydrogen (secondary N) is 1. The zero-order valence-electron chi connectivity index (χ0n) is 16.8. The fourth-order valence-corrected chi connectivity index (χ4v) is 5.14. The Labute approximate surface area is 173 Å². The van der Waals surface area contributed by atoms with Crippen molar-refractivity contribution in [2.45, 2.75) is 25.7 Å². The third-order valence-electron chi connectivity index (χ3n) is 4.14. The fourth-order valence-electron chi connectivity index (χ4n) is 2.62. The van der Waals surface area contributed by atoms with Crippen LogP contribution in [0.1, 0.15) is 39.6 Å². The third-order valence-corrected chi connectivity index (χ3v) is 7.26. The van der Waals surface area contributed by atoms with Gasteiger partial charge in [0, 0.05) is 18.7 Å². The van der Waals surface area contributed by atoms with Crippen LogP contribution in [0.5, 0.6) is 5.75 Å². The van der Waals surface area contributed by atoms with E-state index in [0.717, 1.165) is 11.3 Å². The van der Waals surface area contributed by atoms with Gasteiger partial charge in [0.05, 0.1) is 19.9 Å². The first kappa shape index (κ1) is 22.8. The molecule has 0 atom stereocenters. The van der Waals surface area contributed by atoms with Crippen molar-refractivity contribution in [3.8, 4) is 5.75 Å². The predicted molar refractivity (Wildman–Crippen MR) is 109 cm³/mol. The Morgan fingerprint density at radius 1 is 1.21 bits per heavy atom. The van der Waals surface area contributed by atoms with Crippen LogP contribution in [0.2, 0.25) is 0 Å². The molecule has 11 heteroatoms. The summed E-state index contributed by atoms with van der Waals surface area (Å²) in [6.07, 6.45) is 0. The molecule has 9 nitrogen and oxygen atoms in total. The molecule has 0 saturated heterocycles. The zero-order chi connectivity index (χ0) is 21.8. The van der Waals surface area contributed by atoms with Crippen molar-refractivity contribution in [3.63, 3.8) is 0 Å². The van der Waals surface area contributed by atoms with Crippen LogP contribution in [0, 0.1) is 6.92 Å². The van der Waals surface area contributed by atoms with Gasteiger partial charge in [0.25, 0.3) is 5.91 Å². The van der Waals surface area contributed by atoms with Gasteiger partial charge >= 0.3 is 5.97 Å². The van der Waals surface area contributed by atoms with Crippen molar-refractivity contribution < 1.29 is 27.5 Å². The highest BCUT2D eigenvalue weighted by molar-refractivity contribution is 7.89. The van der Waals surface area contributed by atoms with E-state index in [2.05, 4.69) is 15.0 Å². The van der Waals surface area contributed by atoms with Crippen molar-refractivity contribution in [2.24, 2.45) is 0 Å². The van der Waals surface area contributed by atoms with Crippen molar-refractivity contribution in [1.29, 1.82) is 0 Å². The average molecular weight is 442 g/mol. The van der Waals surface area contributed by atoms with Gasteiger partial charge in [0.1, 0.15) is 15.5 Å². The average Bonchev–Trinajstić information content (AvgIpc) is 3.07. The van der Waals surface area contributed by atoms with E-state index in [1.54, 1.807) is 20.8 Å². The number of rotatable bonds is 8. The second kappa shape index (κ2) is 9.33. The van der Waals surface area contributed by atoms with E-state index in [-0.39, 0.29) is 39.3 Å². The first-order chi connectivity index (χ1) is 13.7. The molecule has 0 bridgehead atoms. The maximum atomic E-state index is 12.9. The van der Waals surface area contributed by atoms with Crippen LogP contribution >= 0.6 is 11.3 Å². The summed E-state index contributed by atoms with van der Waals surface area (Å²) in [5.74, 6) is -0.960. The molecular weight excluding hydrogens is 418 g/mol. The molecule has 29 heavy (non-hydrogen) atoms. The van der Waals surface area contributed by atoms with E-state index < -0.39 is 21.9 Å². The number of anilines is 1. The van der Waals surface area contributed by atoms with Crippen LogP contribution in [0.15, 0.2) is 23.1 Å². The molecule has 0 unspecified atom stereocenters. The molecule has 0 saturated carbocycles. The molecule has 0 aliphatic carbocycles. The Morgan fingerprint density at radius 2 is 1.86 bits per heavy atom. The molecule has 0 aliphatic rings. The maximum Gasteiger partial charge on any atom is 0.350 e. The van der Waals surface area contributed by atoms with Crippen LogP contribution in [0.4, 0.5) is 5.13 Å². The minimum absolute atomic E-state index is 0.0954. The van der Waals surface area contributed by atoms with E-state index >= 15 is 0 Å². The lowest BCUT2D eigenvalue weighted by Crippen LogP contribution is -2.31. The number of aromatic nitrogens is 1. The highest BCUT2D eigenvalue weighted by Crippen LogP contribution is 2.29. The molecule has 0 aliphatic heterocycles. The fraction of sp³-hybridized carbons (Fsp3) is 0.389. The van der Waals surface area contributed by atoms with E-state index in [4.69, 9.17) is 4.74 Å². The number of aryl methyl sites for hydroxylation is 1. The Balaban J connectivity index is 2.39. The van der Waals surface area contributed by atoms with Gasteiger partial charge < -0.3 is 9.47 Å². The van der Waals surface area contributed by atoms with Gasteiger partial charge in [0.15, 0.2) is 5.13 Å². The molecule has 0 radical (unpaired) electrons. The third kappa shape index (κ3) is 4.74. The van der Waals surface area contributed by atoms with Gasteiger partial charge in [-0.05, 0) is 25.1 Å². The van der Waals surface area contributed by atoms with E-state index in [1.807, 2.05) is 0 Å². The highest BCUT2D eigenvalue weighted by Gasteiger charge is 2.27. The Bertz CT molecular complexity index is 1010. The lowest BCUT2D eigenvalue weighted by Gasteiger charge is -2.20. The summed E-state index contributed by atoms with van der Waals surface area (Å²) >= 11 is 0.976. The van der Waals surface area contributed by atoms with Crippen LogP contribution in [-0.4, -0.2) is 56.9 Å². The predicted octanol–water partition coefficient (Wildman–Crippen LogP) is 2.53. The van der Waals surface area contributed by atoms with Gasteiger partial charge in [0.2, 0.25) is 10.0 Å². The quantitative estimate of drug-likeness (QED) is 0.626. The van der Waals surface area contributed by atoms with Gasteiger partial charge in [-0.3, -0.25) is 10.1 Å².